The molecule has 0 saturated carbocycles. The van der Waals surface area contributed by atoms with E-state index >= 15 is 0 Å². The number of benzene rings is 1. The summed E-state index contributed by atoms with van der Waals surface area (Å²) < 4.78 is 0. The van der Waals surface area contributed by atoms with E-state index in [9.17, 15) is 0 Å². The number of nitrogens with zero attached hydrogens (tertiary/aromatic N) is 4. The Morgan fingerprint density at radius 1 is 1.26 bits per heavy atom. The molecule has 5 heteroatoms. The molecule has 94 valence electrons. The number of halogens is 1. The molecule has 0 spiro atoms. The predicted octanol–water partition coefficient (Wildman–Crippen LogP) is 2.56. The summed E-state index contributed by atoms with van der Waals surface area (Å²) in [7, 11) is 0. The van der Waals surface area contributed by atoms with E-state index in [2.05, 4.69) is 20.9 Å². The highest BCUT2D eigenvalue weighted by Crippen LogP contribution is 2.27. The SMILES string of the molecule is N#Cc1cnc(N2CCc3c(Cl)cccc3C2)cn1. The molecule has 0 aliphatic carbocycles. The van der Waals surface area contributed by atoms with Crippen molar-refractivity contribution < 1.29 is 0 Å². The maximum Gasteiger partial charge on any atom is 0.158 e. The van der Waals surface area contributed by atoms with Gasteiger partial charge < -0.3 is 4.90 Å². The lowest BCUT2D eigenvalue weighted by molar-refractivity contribution is 0.718. The molecule has 0 bridgehead atoms. The van der Waals surface area contributed by atoms with Crippen molar-refractivity contribution in [2.45, 2.75) is 13.0 Å². The first-order valence-electron chi connectivity index (χ1n) is 6.01. The Balaban J connectivity index is 1.87. The van der Waals surface area contributed by atoms with Gasteiger partial charge in [-0.15, -0.1) is 0 Å². The van der Waals surface area contributed by atoms with E-state index in [1.54, 1.807) is 6.20 Å². The zero-order valence-electron chi connectivity index (χ0n) is 10.2. The zero-order chi connectivity index (χ0) is 13.2. The Labute approximate surface area is 116 Å². The minimum Gasteiger partial charge on any atom is -0.351 e. The van der Waals surface area contributed by atoms with Gasteiger partial charge in [-0.1, -0.05) is 23.7 Å². The van der Waals surface area contributed by atoms with Crippen LogP contribution in [0, 0.1) is 11.3 Å². The molecule has 0 amide bonds. The molecule has 19 heavy (non-hydrogen) atoms. The second-order valence-electron chi connectivity index (χ2n) is 4.42. The standard InChI is InChI=1S/C14H11ClN4/c15-13-3-1-2-10-9-19(5-4-12(10)13)14-8-17-11(6-16)7-18-14/h1-3,7-8H,4-5,9H2. The van der Waals surface area contributed by atoms with Crippen molar-refractivity contribution in [1.29, 1.82) is 5.26 Å². The Morgan fingerprint density at radius 3 is 2.89 bits per heavy atom. The Hall–Kier alpha value is -2.12. The van der Waals surface area contributed by atoms with Gasteiger partial charge >= 0.3 is 0 Å². The number of hydrogen-bond donors (Lipinski definition) is 0. The van der Waals surface area contributed by atoms with Gasteiger partial charge in [0.1, 0.15) is 11.9 Å². The molecule has 2 heterocycles. The van der Waals surface area contributed by atoms with Crippen molar-refractivity contribution in [2.24, 2.45) is 0 Å². The molecule has 0 atom stereocenters. The van der Waals surface area contributed by atoms with Gasteiger partial charge in [-0.3, -0.25) is 0 Å². The van der Waals surface area contributed by atoms with Crippen molar-refractivity contribution in [3.8, 4) is 6.07 Å². The third-order valence-corrected chi connectivity index (χ3v) is 3.64. The maximum atomic E-state index is 8.72. The van der Waals surface area contributed by atoms with Crippen LogP contribution >= 0.6 is 11.6 Å². The van der Waals surface area contributed by atoms with Crippen LogP contribution in [0.15, 0.2) is 30.6 Å². The highest BCUT2D eigenvalue weighted by Gasteiger charge is 2.19. The van der Waals surface area contributed by atoms with Crippen LogP contribution in [0.5, 0.6) is 0 Å². The maximum absolute atomic E-state index is 8.72. The second-order valence-corrected chi connectivity index (χ2v) is 4.83. The van der Waals surface area contributed by atoms with Gasteiger partial charge in [0.05, 0.1) is 12.4 Å². The van der Waals surface area contributed by atoms with Crippen LogP contribution < -0.4 is 4.90 Å². The van der Waals surface area contributed by atoms with E-state index in [1.165, 1.54) is 17.3 Å². The highest BCUT2D eigenvalue weighted by atomic mass is 35.5. The Morgan fingerprint density at radius 2 is 2.16 bits per heavy atom. The van der Waals surface area contributed by atoms with E-state index in [4.69, 9.17) is 16.9 Å². The molecular weight excluding hydrogens is 260 g/mol. The molecule has 3 rings (SSSR count). The second kappa shape index (κ2) is 4.87. The van der Waals surface area contributed by atoms with Crippen LogP contribution in [-0.2, 0) is 13.0 Å². The van der Waals surface area contributed by atoms with Gasteiger partial charge in [0.25, 0.3) is 0 Å². The van der Waals surface area contributed by atoms with E-state index in [0.29, 0.717) is 5.69 Å². The molecule has 0 saturated heterocycles. The fourth-order valence-corrected chi connectivity index (χ4v) is 2.59. The number of anilines is 1. The largest absolute Gasteiger partial charge is 0.351 e. The van der Waals surface area contributed by atoms with E-state index in [0.717, 1.165) is 30.4 Å². The molecule has 0 N–H and O–H groups in total. The lowest BCUT2D eigenvalue weighted by Gasteiger charge is -2.29. The number of rotatable bonds is 1. The smallest absolute Gasteiger partial charge is 0.158 e. The topological polar surface area (TPSA) is 52.8 Å². The van der Waals surface area contributed by atoms with Gasteiger partial charge in [-0.25, -0.2) is 9.97 Å². The number of aromatic nitrogens is 2. The van der Waals surface area contributed by atoms with Crippen molar-refractivity contribution >= 4 is 17.4 Å². The van der Waals surface area contributed by atoms with E-state index in [-0.39, 0.29) is 0 Å². The lowest BCUT2D eigenvalue weighted by Crippen LogP contribution is -2.31. The normalized spacial score (nSPS) is 13.8. The molecule has 1 aromatic carbocycles. The minimum absolute atomic E-state index is 0.337. The molecule has 0 radical (unpaired) electrons. The summed E-state index contributed by atoms with van der Waals surface area (Å²) in [6.07, 6.45) is 4.05. The molecule has 2 aromatic rings. The predicted molar refractivity (Wildman–Crippen MR) is 73.0 cm³/mol. The fourth-order valence-electron chi connectivity index (χ4n) is 2.30. The monoisotopic (exact) mass is 270 g/mol. The Kier molecular flexibility index (Phi) is 3.06. The summed E-state index contributed by atoms with van der Waals surface area (Å²) in [4.78, 5) is 10.5. The van der Waals surface area contributed by atoms with Gasteiger partial charge in [-0.2, -0.15) is 5.26 Å². The molecular formula is C14H11ClN4. The number of fused-ring (bicyclic) bond motifs is 1. The summed E-state index contributed by atoms with van der Waals surface area (Å²) in [5.74, 6) is 0.796. The molecule has 1 aliphatic rings. The van der Waals surface area contributed by atoms with Crippen LogP contribution in [0.3, 0.4) is 0 Å². The summed E-state index contributed by atoms with van der Waals surface area (Å²) >= 11 is 6.19. The zero-order valence-corrected chi connectivity index (χ0v) is 10.9. The first kappa shape index (κ1) is 11.9. The number of nitriles is 1. The fraction of sp³-hybridized carbons (Fsp3) is 0.214. The molecule has 0 unspecified atom stereocenters. The van der Waals surface area contributed by atoms with Crippen molar-refractivity contribution in [3.05, 3.63) is 52.4 Å². The molecule has 1 aromatic heterocycles. The quantitative estimate of drug-likeness (QED) is 0.799. The van der Waals surface area contributed by atoms with Crippen LogP contribution in [0.25, 0.3) is 0 Å². The van der Waals surface area contributed by atoms with Crippen molar-refractivity contribution in [2.75, 3.05) is 11.4 Å². The average Bonchev–Trinajstić information content (AvgIpc) is 2.47. The summed E-state index contributed by atoms with van der Waals surface area (Å²) in [5.41, 5.74) is 2.79. The van der Waals surface area contributed by atoms with Crippen LogP contribution in [0.4, 0.5) is 5.82 Å². The average molecular weight is 271 g/mol. The summed E-state index contributed by atoms with van der Waals surface area (Å²) in [5, 5.41) is 9.55. The molecule has 4 nitrogen and oxygen atoms in total. The summed E-state index contributed by atoms with van der Waals surface area (Å²) in [6, 6.07) is 7.95. The van der Waals surface area contributed by atoms with Gasteiger partial charge in [0.2, 0.25) is 0 Å². The lowest BCUT2D eigenvalue weighted by atomic mass is 10.00. The molecule has 0 fully saturated rings. The van der Waals surface area contributed by atoms with Crippen molar-refractivity contribution in [1.82, 2.24) is 9.97 Å². The molecule has 1 aliphatic heterocycles. The first-order chi connectivity index (χ1) is 9.28. The summed E-state index contributed by atoms with van der Waals surface area (Å²) in [6.45, 7) is 1.63. The van der Waals surface area contributed by atoms with E-state index < -0.39 is 0 Å². The minimum atomic E-state index is 0.337. The van der Waals surface area contributed by atoms with Gasteiger partial charge in [0, 0.05) is 18.1 Å². The number of hydrogen-bond acceptors (Lipinski definition) is 4. The van der Waals surface area contributed by atoms with E-state index in [1.807, 2.05) is 18.2 Å². The Bertz CT molecular complexity index is 645. The third kappa shape index (κ3) is 2.25. The van der Waals surface area contributed by atoms with Crippen LogP contribution in [-0.4, -0.2) is 16.5 Å². The third-order valence-electron chi connectivity index (χ3n) is 3.29. The van der Waals surface area contributed by atoms with Crippen LogP contribution in [0.1, 0.15) is 16.8 Å². The van der Waals surface area contributed by atoms with Crippen molar-refractivity contribution in [3.63, 3.8) is 0 Å². The van der Waals surface area contributed by atoms with Crippen LogP contribution in [0.2, 0.25) is 5.02 Å². The first-order valence-corrected chi connectivity index (χ1v) is 6.39. The van der Waals surface area contributed by atoms with Gasteiger partial charge in [0.15, 0.2) is 5.69 Å². The van der Waals surface area contributed by atoms with Gasteiger partial charge in [-0.05, 0) is 23.6 Å². The highest BCUT2D eigenvalue weighted by molar-refractivity contribution is 6.31.